The molecule has 14 nitrogen and oxygen atoms in total. The van der Waals surface area contributed by atoms with Gasteiger partial charge in [-0.1, -0.05) is 79.7 Å². The average molecular weight is 695 g/mol. The Labute approximate surface area is 294 Å². The highest BCUT2D eigenvalue weighted by Crippen LogP contribution is 2.65. The summed E-state index contributed by atoms with van der Waals surface area (Å²) in [5.41, 5.74) is -1.54. The predicted octanol–water partition coefficient (Wildman–Crippen LogP) is 2.04. The van der Waals surface area contributed by atoms with E-state index in [0.29, 0.717) is 13.0 Å². The second kappa shape index (κ2) is 14.3. The highest BCUT2D eigenvalue weighted by atomic mass is 16.2. The summed E-state index contributed by atoms with van der Waals surface area (Å²) < 4.78 is 0. The Morgan fingerprint density at radius 2 is 1.72 bits per heavy atom. The number of rotatable bonds is 14. The summed E-state index contributed by atoms with van der Waals surface area (Å²) in [6.45, 7) is 15.7. The van der Waals surface area contributed by atoms with Gasteiger partial charge in [-0.2, -0.15) is 5.10 Å². The number of carbonyl (C=O) groups excluding carboxylic acids is 6. The maximum atomic E-state index is 14.6. The Kier molecular flexibility index (Phi) is 10.6. The Morgan fingerprint density at radius 1 is 1.04 bits per heavy atom. The van der Waals surface area contributed by atoms with E-state index in [9.17, 15) is 28.8 Å². The summed E-state index contributed by atoms with van der Waals surface area (Å²) in [4.78, 5) is 87.5. The molecule has 5 rings (SSSR count). The Balaban J connectivity index is 1.38. The fraction of sp³-hybridized carbons (Fsp3) is 0.722. The van der Waals surface area contributed by atoms with Gasteiger partial charge in [-0.3, -0.25) is 33.9 Å². The highest BCUT2D eigenvalue weighted by Gasteiger charge is 2.70. The van der Waals surface area contributed by atoms with Crippen molar-refractivity contribution in [2.24, 2.45) is 34.0 Å². The molecule has 3 saturated carbocycles. The van der Waals surface area contributed by atoms with E-state index in [0.717, 1.165) is 44.9 Å². The fourth-order valence-corrected chi connectivity index (χ4v) is 8.16. The number of nitrogens with zero attached hydrogens (tertiary/aromatic N) is 3. The number of fused-ring (bicyclic) bond motifs is 1. The van der Waals surface area contributed by atoms with Crippen molar-refractivity contribution in [3.63, 3.8) is 0 Å². The smallest absolute Gasteiger partial charge is 0.289 e. The van der Waals surface area contributed by atoms with Gasteiger partial charge >= 0.3 is 0 Å². The molecule has 50 heavy (non-hydrogen) atoms. The second-order valence-electron chi connectivity index (χ2n) is 16.8. The lowest BCUT2D eigenvalue weighted by molar-refractivity contribution is -0.147. The van der Waals surface area contributed by atoms with Gasteiger partial charge in [0.25, 0.3) is 11.8 Å². The van der Waals surface area contributed by atoms with Gasteiger partial charge in [-0.25, -0.2) is 4.98 Å². The van der Waals surface area contributed by atoms with Crippen molar-refractivity contribution in [1.29, 1.82) is 0 Å². The van der Waals surface area contributed by atoms with E-state index in [1.54, 1.807) is 4.90 Å². The molecule has 1 saturated heterocycles. The molecule has 0 spiro atoms. The minimum absolute atomic E-state index is 0.0184. The zero-order valence-corrected chi connectivity index (χ0v) is 30.3. The van der Waals surface area contributed by atoms with Crippen LogP contribution in [0, 0.1) is 34.0 Å². The van der Waals surface area contributed by atoms with Gasteiger partial charge in [-0.15, -0.1) is 6.58 Å². The van der Waals surface area contributed by atoms with Crippen LogP contribution in [-0.4, -0.2) is 92.7 Å². The Hall–Kier alpha value is -4.10. The van der Waals surface area contributed by atoms with Crippen LogP contribution >= 0.6 is 0 Å². The van der Waals surface area contributed by atoms with Crippen molar-refractivity contribution in [2.45, 2.75) is 117 Å². The number of carbonyl (C=O) groups is 6. The number of aromatic amines is 1. The third-order valence-electron chi connectivity index (χ3n) is 11.5. The summed E-state index contributed by atoms with van der Waals surface area (Å²) in [7, 11) is 0. The van der Waals surface area contributed by atoms with Crippen LogP contribution in [0.4, 0.5) is 0 Å². The quantitative estimate of drug-likeness (QED) is 0.144. The molecule has 3 aliphatic carbocycles. The SMILES string of the molecule is C=CCNC(=O)C(=O)C(CC1CC1)NC(=O)[C@@H]1[C@@H]2[C@H](CN1C(=O)[C@@H](NC(=O)[C@@H](NC(=O)c1ncn[nH]1)C1(C)CCCCC1)C(C)(C)C)C2(C)C. The van der Waals surface area contributed by atoms with E-state index in [1.807, 2.05) is 27.7 Å². The molecule has 2 heterocycles. The molecular weight excluding hydrogens is 640 g/mol. The number of hydrogen-bond acceptors (Lipinski definition) is 8. The molecule has 1 aromatic rings. The first-order chi connectivity index (χ1) is 23.5. The van der Waals surface area contributed by atoms with Gasteiger partial charge in [0, 0.05) is 13.1 Å². The first-order valence-electron chi connectivity index (χ1n) is 18.0. The molecule has 4 aliphatic rings. The largest absolute Gasteiger partial charge is 0.346 e. The van der Waals surface area contributed by atoms with Gasteiger partial charge in [0.05, 0.1) is 6.04 Å². The van der Waals surface area contributed by atoms with Crippen LogP contribution in [0.2, 0.25) is 0 Å². The monoisotopic (exact) mass is 694 g/mol. The first-order valence-corrected chi connectivity index (χ1v) is 18.0. The van der Waals surface area contributed by atoms with Crippen LogP contribution < -0.4 is 21.3 Å². The number of likely N-dealkylation sites (tertiary alicyclic amines) is 1. The molecule has 0 radical (unpaired) electrons. The summed E-state index contributed by atoms with van der Waals surface area (Å²) >= 11 is 0. The summed E-state index contributed by atoms with van der Waals surface area (Å²) in [6, 6.07) is -3.88. The van der Waals surface area contributed by atoms with Crippen LogP contribution in [-0.2, 0) is 24.0 Å². The Morgan fingerprint density at radius 3 is 2.30 bits per heavy atom. The van der Waals surface area contributed by atoms with Crippen molar-refractivity contribution in [3.8, 4) is 0 Å². The molecule has 4 fully saturated rings. The first kappa shape index (κ1) is 37.2. The molecule has 1 unspecified atom stereocenters. The summed E-state index contributed by atoms with van der Waals surface area (Å²) in [5.74, 6) is -3.30. The van der Waals surface area contributed by atoms with Crippen LogP contribution in [0.5, 0.6) is 0 Å². The molecule has 5 amide bonds. The van der Waals surface area contributed by atoms with E-state index in [4.69, 9.17) is 0 Å². The number of amides is 5. The van der Waals surface area contributed by atoms with E-state index in [1.165, 1.54) is 12.4 Å². The molecule has 6 atom stereocenters. The lowest BCUT2D eigenvalue weighted by Gasteiger charge is -2.42. The van der Waals surface area contributed by atoms with Gasteiger partial charge < -0.3 is 26.2 Å². The molecule has 274 valence electrons. The van der Waals surface area contributed by atoms with E-state index in [-0.39, 0.29) is 35.5 Å². The number of Topliss-reactive ketones (excluding diaryl/α,β-unsaturated/α-hetero) is 1. The lowest BCUT2D eigenvalue weighted by atomic mass is 9.70. The standard InChI is InChI=1S/C36H54N8O6/c1-8-16-37-30(47)25(45)22(17-20-12-13-20)40-29(46)24-23-21(35(23,5)6)18-44(24)33(50)27(34(2,3)4)42-31(48)26(36(7)14-10-9-11-15-36)41-32(49)28-38-19-39-43-28/h8,19-24,26-27H,1,9-18H2,2-7H3,(H,37,47)(H,40,46)(H,41,49)(H,42,48)(H,38,39,43)/t21-,22?,23-,24-,26+,27+/m0/s1. The maximum Gasteiger partial charge on any atom is 0.289 e. The van der Waals surface area contributed by atoms with Crippen LogP contribution in [0.3, 0.4) is 0 Å². The van der Waals surface area contributed by atoms with E-state index in [2.05, 4.69) is 56.9 Å². The third-order valence-corrected chi connectivity index (χ3v) is 11.5. The van der Waals surface area contributed by atoms with Crippen LogP contribution in [0.15, 0.2) is 19.0 Å². The number of H-pyrrole nitrogens is 1. The molecule has 0 bridgehead atoms. The zero-order valence-electron chi connectivity index (χ0n) is 30.3. The molecular formula is C36H54N8O6. The topological polar surface area (TPSA) is 195 Å². The normalized spacial score (nSPS) is 25.2. The number of ketones is 1. The molecule has 1 aromatic heterocycles. The average Bonchev–Trinajstić information content (AvgIpc) is 3.75. The lowest BCUT2D eigenvalue weighted by Crippen LogP contribution is -2.64. The van der Waals surface area contributed by atoms with Crippen molar-refractivity contribution >= 4 is 35.3 Å². The van der Waals surface area contributed by atoms with Crippen molar-refractivity contribution in [1.82, 2.24) is 41.3 Å². The number of nitrogens with one attached hydrogen (secondary N) is 5. The minimum Gasteiger partial charge on any atom is -0.346 e. The number of hydrogen-bond donors (Lipinski definition) is 5. The van der Waals surface area contributed by atoms with Crippen molar-refractivity contribution in [2.75, 3.05) is 13.1 Å². The van der Waals surface area contributed by atoms with Gasteiger partial charge in [0.1, 0.15) is 24.5 Å². The molecule has 0 aromatic carbocycles. The van der Waals surface area contributed by atoms with Gasteiger partial charge in [-0.05, 0) is 53.3 Å². The zero-order chi connectivity index (χ0) is 36.6. The number of aromatic nitrogens is 3. The van der Waals surface area contributed by atoms with Gasteiger partial charge in [0.2, 0.25) is 29.3 Å². The van der Waals surface area contributed by atoms with Crippen LogP contribution in [0.1, 0.15) is 104 Å². The molecule has 1 aliphatic heterocycles. The second-order valence-corrected chi connectivity index (χ2v) is 16.8. The minimum atomic E-state index is -1.03. The summed E-state index contributed by atoms with van der Waals surface area (Å²) in [6.07, 6.45) is 9.17. The molecule has 5 N–H and O–H groups in total. The van der Waals surface area contributed by atoms with E-state index >= 15 is 0 Å². The van der Waals surface area contributed by atoms with E-state index < -0.39 is 70.3 Å². The number of piperidine rings is 1. The highest BCUT2D eigenvalue weighted by molar-refractivity contribution is 6.38. The fourth-order valence-electron chi connectivity index (χ4n) is 8.16. The van der Waals surface area contributed by atoms with Crippen molar-refractivity contribution in [3.05, 3.63) is 24.8 Å². The predicted molar refractivity (Wildman–Crippen MR) is 184 cm³/mol. The van der Waals surface area contributed by atoms with Crippen molar-refractivity contribution < 1.29 is 28.8 Å². The summed E-state index contributed by atoms with van der Waals surface area (Å²) in [5, 5.41) is 17.6. The van der Waals surface area contributed by atoms with Gasteiger partial charge in [0.15, 0.2) is 0 Å². The Bertz CT molecular complexity index is 1490. The maximum absolute atomic E-state index is 14.6. The molecule has 14 heteroatoms. The third kappa shape index (κ3) is 7.78. The van der Waals surface area contributed by atoms with Crippen LogP contribution in [0.25, 0.3) is 0 Å².